The SMILES string of the molecule is Cc1cc(C(=O)O)cc(C(=O)Nc2ccccc2C(=O)N2CCCC2)c1. The van der Waals surface area contributed by atoms with Gasteiger partial charge in [-0.25, -0.2) is 4.79 Å². The van der Waals surface area contributed by atoms with Crippen molar-refractivity contribution >= 4 is 23.5 Å². The van der Waals surface area contributed by atoms with Crippen LogP contribution in [-0.4, -0.2) is 40.9 Å². The van der Waals surface area contributed by atoms with Gasteiger partial charge >= 0.3 is 5.97 Å². The van der Waals surface area contributed by atoms with Crippen LogP contribution in [0.4, 0.5) is 5.69 Å². The number of carbonyl (C=O) groups excluding carboxylic acids is 2. The molecule has 3 rings (SSSR count). The summed E-state index contributed by atoms with van der Waals surface area (Å²) in [5, 5.41) is 11.9. The largest absolute Gasteiger partial charge is 0.478 e. The summed E-state index contributed by atoms with van der Waals surface area (Å²) in [6.07, 6.45) is 1.98. The first-order valence-corrected chi connectivity index (χ1v) is 8.50. The first-order valence-electron chi connectivity index (χ1n) is 8.50. The second kappa shape index (κ2) is 7.39. The summed E-state index contributed by atoms with van der Waals surface area (Å²) in [4.78, 5) is 38.3. The van der Waals surface area contributed by atoms with E-state index in [2.05, 4.69) is 5.32 Å². The third kappa shape index (κ3) is 3.74. The Bertz CT molecular complexity index is 870. The number of likely N-dealkylation sites (tertiary alicyclic amines) is 1. The van der Waals surface area contributed by atoms with E-state index in [0.717, 1.165) is 25.9 Å². The summed E-state index contributed by atoms with van der Waals surface area (Å²) in [6, 6.07) is 11.3. The molecular weight excluding hydrogens is 332 g/mol. The fourth-order valence-electron chi connectivity index (χ4n) is 3.10. The van der Waals surface area contributed by atoms with Crippen LogP contribution in [0.5, 0.6) is 0 Å². The van der Waals surface area contributed by atoms with Gasteiger partial charge in [0.2, 0.25) is 0 Å². The van der Waals surface area contributed by atoms with E-state index in [9.17, 15) is 14.4 Å². The lowest BCUT2D eigenvalue weighted by Gasteiger charge is -2.18. The van der Waals surface area contributed by atoms with Crippen LogP contribution in [0.3, 0.4) is 0 Å². The Hall–Kier alpha value is -3.15. The van der Waals surface area contributed by atoms with Crippen LogP contribution >= 0.6 is 0 Å². The zero-order valence-electron chi connectivity index (χ0n) is 14.5. The van der Waals surface area contributed by atoms with E-state index >= 15 is 0 Å². The van der Waals surface area contributed by atoms with Gasteiger partial charge in [-0.1, -0.05) is 12.1 Å². The number of benzene rings is 2. The average Bonchev–Trinajstić information content (AvgIpc) is 3.15. The van der Waals surface area contributed by atoms with Gasteiger partial charge in [-0.15, -0.1) is 0 Å². The number of aromatic carboxylic acids is 1. The lowest BCUT2D eigenvalue weighted by molar-refractivity contribution is 0.0696. The minimum Gasteiger partial charge on any atom is -0.478 e. The average molecular weight is 352 g/mol. The molecule has 2 amide bonds. The van der Waals surface area contributed by atoms with Crippen LogP contribution in [0.15, 0.2) is 42.5 Å². The number of hydrogen-bond acceptors (Lipinski definition) is 3. The first kappa shape index (κ1) is 17.7. The van der Waals surface area contributed by atoms with Crippen LogP contribution < -0.4 is 5.32 Å². The molecule has 0 bridgehead atoms. The number of carboxylic acid groups (broad SMARTS) is 1. The summed E-state index contributed by atoms with van der Waals surface area (Å²) >= 11 is 0. The highest BCUT2D eigenvalue weighted by molar-refractivity contribution is 6.09. The summed E-state index contributed by atoms with van der Waals surface area (Å²) in [6.45, 7) is 3.18. The van der Waals surface area contributed by atoms with Crippen molar-refractivity contribution in [1.82, 2.24) is 4.90 Å². The van der Waals surface area contributed by atoms with Crippen molar-refractivity contribution in [3.05, 3.63) is 64.7 Å². The number of carbonyl (C=O) groups is 3. The minimum atomic E-state index is -1.09. The van der Waals surface area contributed by atoms with Gasteiger partial charge in [-0.3, -0.25) is 9.59 Å². The summed E-state index contributed by atoms with van der Waals surface area (Å²) < 4.78 is 0. The van der Waals surface area contributed by atoms with Crippen LogP contribution in [-0.2, 0) is 0 Å². The Labute approximate surface area is 151 Å². The third-order valence-electron chi connectivity index (χ3n) is 4.39. The number of nitrogens with zero attached hydrogens (tertiary/aromatic N) is 1. The molecule has 26 heavy (non-hydrogen) atoms. The molecule has 6 heteroatoms. The number of rotatable bonds is 4. The maximum absolute atomic E-state index is 12.7. The summed E-state index contributed by atoms with van der Waals surface area (Å²) in [5.41, 5.74) is 1.83. The molecule has 0 spiro atoms. The van der Waals surface area contributed by atoms with Crippen molar-refractivity contribution in [2.75, 3.05) is 18.4 Å². The number of carboxylic acids is 1. The van der Waals surface area contributed by atoms with Gasteiger partial charge in [0.25, 0.3) is 11.8 Å². The Morgan fingerprint density at radius 2 is 1.65 bits per heavy atom. The summed E-state index contributed by atoms with van der Waals surface area (Å²) in [5.74, 6) is -1.64. The molecule has 1 aliphatic heterocycles. The van der Waals surface area contributed by atoms with E-state index < -0.39 is 11.9 Å². The van der Waals surface area contributed by atoms with Gasteiger partial charge in [0, 0.05) is 18.7 Å². The molecule has 0 unspecified atom stereocenters. The van der Waals surface area contributed by atoms with E-state index in [-0.39, 0.29) is 17.0 Å². The van der Waals surface area contributed by atoms with Crippen molar-refractivity contribution in [2.45, 2.75) is 19.8 Å². The van der Waals surface area contributed by atoms with Crippen molar-refractivity contribution in [3.63, 3.8) is 0 Å². The van der Waals surface area contributed by atoms with Crippen molar-refractivity contribution in [3.8, 4) is 0 Å². The number of hydrogen-bond donors (Lipinski definition) is 2. The van der Waals surface area contributed by atoms with Gasteiger partial charge in [0.05, 0.1) is 16.8 Å². The molecule has 0 aromatic heterocycles. The Morgan fingerprint density at radius 3 is 2.35 bits per heavy atom. The van der Waals surface area contributed by atoms with Crippen molar-refractivity contribution in [2.24, 2.45) is 0 Å². The molecule has 0 aliphatic carbocycles. The van der Waals surface area contributed by atoms with E-state index in [1.54, 1.807) is 42.2 Å². The predicted molar refractivity (Wildman–Crippen MR) is 97.7 cm³/mol. The zero-order valence-corrected chi connectivity index (χ0v) is 14.5. The maximum atomic E-state index is 12.7. The number of anilines is 1. The second-order valence-electron chi connectivity index (χ2n) is 6.39. The van der Waals surface area contributed by atoms with Crippen LogP contribution in [0.2, 0.25) is 0 Å². The highest BCUT2D eigenvalue weighted by Crippen LogP contribution is 2.21. The molecule has 2 aromatic rings. The fourth-order valence-corrected chi connectivity index (χ4v) is 3.10. The maximum Gasteiger partial charge on any atom is 0.335 e. The van der Waals surface area contributed by atoms with Crippen molar-refractivity contribution < 1.29 is 19.5 Å². The van der Waals surface area contributed by atoms with Gasteiger partial charge in [0.1, 0.15) is 0 Å². The molecule has 1 fully saturated rings. The topological polar surface area (TPSA) is 86.7 Å². The number of nitrogens with one attached hydrogen (secondary N) is 1. The molecule has 1 saturated heterocycles. The highest BCUT2D eigenvalue weighted by Gasteiger charge is 2.22. The summed E-state index contributed by atoms with van der Waals surface area (Å²) in [7, 11) is 0. The van der Waals surface area contributed by atoms with E-state index in [1.807, 2.05) is 0 Å². The van der Waals surface area contributed by atoms with Crippen LogP contribution in [0, 0.1) is 6.92 Å². The molecule has 1 aliphatic rings. The third-order valence-corrected chi connectivity index (χ3v) is 4.39. The molecule has 134 valence electrons. The van der Waals surface area contributed by atoms with Gasteiger partial charge in [-0.05, 0) is 55.7 Å². The standard InChI is InChI=1S/C20H20N2O4/c1-13-10-14(12-15(11-13)20(25)26)18(23)21-17-7-3-2-6-16(17)19(24)22-8-4-5-9-22/h2-3,6-7,10-12H,4-5,8-9H2,1H3,(H,21,23)(H,25,26). The number of para-hydroxylation sites is 1. The van der Waals surface area contributed by atoms with Crippen molar-refractivity contribution in [1.29, 1.82) is 0 Å². The lowest BCUT2D eigenvalue weighted by Crippen LogP contribution is -2.28. The molecule has 1 heterocycles. The highest BCUT2D eigenvalue weighted by atomic mass is 16.4. The molecule has 0 saturated carbocycles. The second-order valence-corrected chi connectivity index (χ2v) is 6.39. The molecule has 2 N–H and O–H groups in total. The van der Waals surface area contributed by atoms with E-state index in [0.29, 0.717) is 16.8 Å². The van der Waals surface area contributed by atoms with E-state index in [4.69, 9.17) is 5.11 Å². The number of amides is 2. The minimum absolute atomic E-state index is 0.0524. The molecule has 0 radical (unpaired) electrons. The van der Waals surface area contributed by atoms with Crippen LogP contribution in [0.1, 0.15) is 49.5 Å². The van der Waals surface area contributed by atoms with Gasteiger partial charge in [-0.2, -0.15) is 0 Å². The van der Waals surface area contributed by atoms with E-state index in [1.165, 1.54) is 12.1 Å². The Balaban J connectivity index is 1.86. The molecule has 0 atom stereocenters. The zero-order chi connectivity index (χ0) is 18.7. The van der Waals surface area contributed by atoms with Crippen LogP contribution in [0.25, 0.3) is 0 Å². The monoisotopic (exact) mass is 352 g/mol. The fraction of sp³-hybridized carbons (Fsp3) is 0.250. The smallest absolute Gasteiger partial charge is 0.335 e. The normalized spacial score (nSPS) is 13.5. The number of aryl methyl sites for hydroxylation is 1. The first-order chi connectivity index (χ1) is 12.5. The molecule has 6 nitrogen and oxygen atoms in total. The lowest BCUT2D eigenvalue weighted by atomic mass is 10.1. The predicted octanol–water partition coefficient (Wildman–Crippen LogP) is 3.18. The quantitative estimate of drug-likeness (QED) is 0.885. The van der Waals surface area contributed by atoms with Gasteiger partial charge < -0.3 is 15.3 Å². The Kier molecular flexibility index (Phi) is 5.02. The molecule has 2 aromatic carbocycles. The van der Waals surface area contributed by atoms with Gasteiger partial charge in [0.15, 0.2) is 0 Å². The Morgan fingerprint density at radius 1 is 1.00 bits per heavy atom. The molecular formula is C20H20N2O4.